The van der Waals surface area contributed by atoms with Gasteiger partial charge in [-0.25, -0.2) is 24.3 Å². The van der Waals surface area contributed by atoms with Gasteiger partial charge in [0.2, 0.25) is 0 Å². The van der Waals surface area contributed by atoms with E-state index in [2.05, 4.69) is 34.7 Å². The van der Waals surface area contributed by atoms with Gasteiger partial charge in [0.25, 0.3) is 0 Å². The maximum atomic E-state index is 14.0. The number of hydrogen-bond donors (Lipinski definition) is 1. The number of nitrogens with one attached hydrogen (secondary N) is 1. The fourth-order valence-electron chi connectivity index (χ4n) is 3.94. The van der Waals surface area contributed by atoms with E-state index in [0.717, 1.165) is 37.5 Å². The Morgan fingerprint density at radius 1 is 0.958 bits per heavy atom. The monoisotopic (exact) mass is 325 g/mol. The summed E-state index contributed by atoms with van der Waals surface area (Å²) in [6.45, 7) is 3.46. The smallest absolute Gasteiger partial charge is 0.182 e. The second kappa shape index (κ2) is 5.12. The molecule has 0 spiro atoms. The number of fused-ring (bicyclic) bond motifs is 2. The Balaban J connectivity index is 1.37. The van der Waals surface area contributed by atoms with E-state index in [1.807, 2.05) is 0 Å². The largest absolute Gasteiger partial charge is 0.354 e. The van der Waals surface area contributed by atoms with Crippen LogP contribution in [0.1, 0.15) is 0 Å². The van der Waals surface area contributed by atoms with Crippen molar-refractivity contribution in [1.29, 1.82) is 0 Å². The molecular formula is C16H16FN7. The average Bonchev–Trinajstić information content (AvgIpc) is 3.28. The number of pyridine rings is 1. The number of aromatic amines is 1. The number of rotatable bonds is 2. The second-order valence-electron chi connectivity index (χ2n) is 6.44. The van der Waals surface area contributed by atoms with Crippen molar-refractivity contribution in [3.05, 3.63) is 36.8 Å². The lowest BCUT2D eigenvalue weighted by Crippen LogP contribution is -2.30. The molecular weight excluding hydrogens is 309 g/mol. The quantitative estimate of drug-likeness (QED) is 0.769. The van der Waals surface area contributed by atoms with Gasteiger partial charge in [-0.2, -0.15) is 0 Å². The van der Waals surface area contributed by atoms with Gasteiger partial charge in [-0.3, -0.25) is 0 Å². The molecule has 5 heterocycles. The molecule has 2 atom stereocenters. The molecule has 8 heteroatoms. The highest BCUT2D eigenvalue weighted by atomic mass is 19.1. The molecule has 0 aliphatic carbocycles. The first-order valence-electron chi connectivity index (χ1n) is 8.04. The lowest BCUT2D eigenvalue weighted by Gasteiger charge is -2.23. The molecule has 0 bridgehead atoms. The van der Waals surface area contributed by atoms with Gasteiger partial charge in [0.15, 0.2) is 23.1 Å². The molecule has 2 unspecified atom stereocenters. The number of halogens is 1. The number of hydrogen-bond acceptors (Lipinski definition) is 6. The Kier molecular flexibility index (Phi) is 2.91. The molecule has 1 N–H and O–H groups in total. The molecule has 122 valence electrons. The summed E-state index contributed by atoms with van der Waals surface area (Å²) in [7, 11) is 0. The molecule has 3 aromatic heterocycles. The lowest BCUT2D eigenvalue weighted by molar-refractivity contribution is 0.533. The van der Waals surface area contributed by atoms with Crippen LogP contribution in [0.5, 0.6) is 0 Å². The fourth-order valence-corrected chi connectivity index (χ4v) is 3.94. The predicted octanol–water partition coefficient (Wildman–Crippen LogP) is 1.46. The van der Waals surface area contributed by atoms with E-state index in [9.17, 15) is 4.39 Å². The lowest BCUT2D eigenvalue weighted by atomic mass is 10.0. The zero-order valence-electron chi connectivity index (χ0n) is 12.9. The van der Waals surface area contributed by atoms with Crippen LogP contribution in [0.15, 0.2) is 31.0 Å². The minimum Gasteiger partial charge on any atom is -0.354 e. The molecule has 2 aliphatic heterocycles. The Bertz CT molecular complexity index is 881. The van der Waals surface area contributed by atoms with Gasteiger partial charge in [0.1, 0.15) is 11.8 Å². The zero-order chi connectivity index (χ0) is 16.1. The van der Waals surface area contributed by atoms with E-state index in [4.69, 9.17) is 0 Å². The van der Waals surface area contributed by atoms with E-state index in [1.54, 1.807) is 24.9 Å². The van der Waals surface area contributed by atoms with Crippen molar-refractivity contribution in [3.8, 4) is 0 Å². The van der Waals surface area contributed by atoms with Gasteiger partial charge >= 0.3 is 0 Å². The summed E-state index contributed by atoms with van der Waals surface area (Å²) in [4.78, 5) is 24.5. The number of anilines is 2. The third kappa shape index (κ3) is 2.02. The molecule has 2 saturated heterocycles. The number of imidazole rings is 1. The van der Waals surface area contributed by atoms with E-state index in [0.29, 0.717) is 23.3 Å². The summed E-state index contributed by atoms with van der Waals surface area (Å²) in [5.74, 6) is 2.10. The van der Waals surface area contributed by atoms with Crippen molar-refractivity contribution >= 4 is 22.8 Å². The minimum absolute atomic E-state index is 0.246. The van der Waals surface area contributed by atoms with Gasteiger partial charge in [-0.05, 0) is 12.1 Å². The molecule has 0 amide bonds. The molecule has 5 rings (SSSR count). The molecule has 24 heavy (non-hydrogen) atoms. The third-order valence-electron chi connectivity index (χ3n) is 5.03. The van der Waals surface area contributed by atoms with Crippen LogP contribution < -0.4 is 9.80 Å². The minimum atomic E-state index is -0.246. The van der Waals surface area contributed by atoms with Crippen LogP contribution in [0.25, 0.3) is 11.2 Å². The van der Waals surface area contributed by atoms with E-state index in [-0.39, 0.29) is 5.82 Å². The molecule has 2 aliphatic rings. The number of aromatic nitrogens is 5. The van der Waals surface area contributed by atoms with Crippen LogP contribution in [0, 0.1) is 17.7 Å². The Hall–Kier alpha value is -2.77. The Labute approximate surface area is 137 Å². The summed E-state index contributed by atoms with van der Waals surface area (Å²) in [5.41, 5.74) is 1.57. The van der Waals surface area contributed by atoms with Crippen LogP contribution in [-0.4, -0.2) is 51.1 Å². The molecule has 2 fully saturated rings. The SMILES string of the molecule is Fc1cccnc1N1CC2CN(c3ncnc4nc[nH]c34)CC2C1. The summed E-state index contributed by atoms with van der Waals surface area (Å²) >= 11 is 0. The number of nitrogens with zero attached hydrogens (tertiary/aromatic N) is 6. The molecule has 7 nitrogen and oxygen atoms in total. The first-order valence-corrected chi connectivity index (χ1v) is 8.04. The molecule has 0 aromatic carbocycles. The standard InChI is InChI=1S/C16H16FN7/c17-12-2-1-3-18-15(12)23-4-10-6-24(7-11(10)5-23)16-13-14(20-8-19-13)21-9-22-16/h1-3,8-11H,4-7H2,(H,19,20,21,22). The summed E-state index contributed by atoms with van der Waals surface area (Å²) in [5, 5.41) is 0. The van der Waals surface area contributed by atoms with E-state index < -0.39 is 0 Å². The van der Waals surface area contributed by atoms with E-state index >= 15 is 0 Å². The summed E-state index contributed by atoms with van der Waals surface area (Å²) in [6, 6.07) is 3.10. The number of H-pyrrole nitrogens is 1. The predicted molar refractivity (Wildman–Crippen MR) is 87.3 cm³/mol. The fraction of sp³-hybridized carbons (Fsp3) is 0.375. The highest BCUT2D eigenvalue weighted by Gasteiger charge is 2.41. The summed E-state index contributed by atoms with van der Waals surface area (Å²) < 4.78 is 14.0. The van der Waals surface area contributed by atoms with Crippen LogP contribution in [0.2, 0.25) is 0 Å². The van der Waals surface area contributed by atoms with Gasteiger partial charge in [-0.1, -0.05) is 0 Å². The molecule has 3 aromatic rings. The third-order valence-corrected chi connectivity index (χ3v) is 5.03. The van der Waals surface area contributed by atoms with Gasteiger partial charge < -0.3 is 14.8 Å². The van der Waals surface area contributed by atoms with Crippen molar-refractivity contribution < 1.29 is 4.39 Å². The van der Waals surface area contributed by atoms with Crippen molar-refractivity contribution in [3.63, 3.8) is 0 Å². The molecule has 0 radical (unpaired) electrons. The van der Waals surface area contributed by atoms with Crippen LogP contribution >= 0.6 is 0 Å². The molecule has 0 saturated carbocycles. The van der Waals surface area contributed by atoms with Crippen LogP contribution in [0.3, 0.4) is 0 Å². The van der Waals surface area contributed by atoms with Crippen molar-refractivity contribution in [2.75, 3.05) is 36.0 Å². The van der Waals surface area contributed by atoms with Crippen molar-refractivity contribution in [2.45, 2.75) is 0 Å². The van der Waals surface area contributed by atoms with Crippen molar-refractivity contribution in [1.82, 2.24) is 24.9 Å². The Morgan fingerprint density at radius 3 is 2.46 bits per heavy atom. The maximum Gasteiger partial charge on any atom is 0.182 e. The second-order valence-corrected chi connectivity index (χ2v) is 6.44. The topological polar surface area (TPSA) is 73.8 Å². The first-order chi connectivity index (χ1) is 11.8. The highest BCUT2D eigenvalue weighted by molar-refractivity contribution is 5.82. The Morgan fingerprint density at radius 2 is 1.71 bits per heavy atom. The highest BCUT2D eigenvalue weighted by Crippen LogP contribution is 2.36. The average molecular weight is 325 g/mol. The van der Waals surface area contributed by atoms with Crippen LogP contribution in [0.4, 0.5) is 16.0 Å². The normalized spacial score (nSPS) is 23.2. The van der Waals surface area contributed by atoms with Crippen molar-refractivity contribution in [2.24, 2.45) is 11.8 Å². The van der Waals surface area contributed by atoms with Gasteiger partial charge in [0.05, 0.1) is 6.33 Å². The summed E-state index contributed by atoms with van der Waals surface area (Å²) in [6.07, 6.45) is 4.85. The van der Waals surface area contributed by atoms with Gasteiger partial charge in [-0.15, -0.1) is 0 Å². The van der Waals surface area contributed by atoms with Gasteiger partial charge in [0, 0.05) is 44.2 Å². The maximum absolute atomic E-state index is 14.0. The zero-order valence-corrected chi connectivity index (χ0v) is 12.9. The first kappa shape index (κ1) is 13.6. The van der Waals surface area contributed by atoms with E-state index in [1.165, 1.54) is 6.07 Å². The van der Waals surface area contributed by atoms with Crippen LogP contribution in [-0.2, 0) is 0 Å².